The molecule has 1 atom stereocenters. The van der Waals surface area contributed by atoms with Crippen LogP contribution in [0.25, 0.3) is 0 Å². The molecule has 1 unspecified atom stereocenters. The molecule has 0 aromatic heterocycles. The summed E-state index contributed by atoms with van der Waals surface area (Å²) in [5.41, 5.74) is 8.20. The predicted molar refractivity (Wildman–Crippen MR) is 86.3 cm³/mol. The molecule has 2 aromatic rings. The smallest absolute Gasteiger partial charge is 0.161 e. The molecule has 2 N–H and O–H groups in total. The molecule has 0 saturated carbocycles. The highest BCUT2D eigenvalue weighted by molar-refractivity contribution is 9.10. The van der Waals surface area contributed by atoms with Crippen molar-refractivity contribution in [3.05, 3.63) is 52.0 Å². The van der Waals surface area contributed by atoms with Gasteiger partial charge in [0.2, 0.25) is 0 Å². The molecule has 0 bridgehead atoms. The van der Waals surface area contributed by atoms with E-state index in [-0.39, 0.29) is 6.04 Å². The quantitative estimate of drug-likeness (QED) is 0.895. The van der Waals surface area contributed by atoms with Crippen LogP contribution in [-0.2, 0) is 0 Å². The molecule has 0 radical (unpaired) electrons. The Morgan fingerprint density at radius 3 is 2.14 bits per heavy atom. The van der Waals surface area contributed by atoms with Gasteiger partial charge in [-0.25, -0.2) is 0 Å². The maximum absolute atomic E-state index is 6.37. The minimum Gasteiger partial charge on any atom is -0.496 e. The summed E-state index contributed by atoms with van der Waals surface area (Å²) in [7, 11) is 4.84. The monoisotopic (exact) mass is 351 g/mol. The molecule has 0 aliphatic rings. The number of ether oxygens (including phenoxy) is 3. The van der Waals surface area contributed by atoms with Gasteiger partial charge in [-0.05, 0) is 29.8 Å². The largest absolute Gasteiger partial charge is 0.496 e. The molecule has 0 heterocycles. The molecule has 0 spiro atoms. The third-order valence-electron chi connectivity index (χ3n) is 3.30. The van der Waals surface area contributed by atoms with Crippen molar-refractivity contribution in [3.63, 3.8) is 0 Å². The van der Waals surface area contributed by atoms with E-state index >= 15 is 0 Å². The first-order valence-electron chi connectivity index (χ1n) is 6.41. The Morgan fingerprint density at radius 2 is 1.52 bits per heavy atom. The lowest BCUT2D eigenvalue weighted by molar-refractivity contribution is 0.354. The summed E-state index contributed by atoms with van der Waals surface area (Å²) in [6.07, 6.45) is 0. The zero-order valence-electron chi connectivity index (χ0n) is 12.2. The maximum Gasteiger partial charge on any atom is 0.161 e. The number of halogens is 1. The molecule has 0 aliphatic carbocycles. The summed E-state index contributed by atoms with van der Waals surface area (Å²) in [5, 5.41) is 0. The molecule has 112 valence electrons. The van der Waals surface area contributed by atoms with Crippen molar-refractivity contribution < 1.29 is 14.2 Å². The van der Waals surface area contributed by atoms with Crippen LogP contribution in [0.15, 0.2) is 40.9 Å². The summed E-state index contributed by atoms with van der Waals surface area (Å²) in [4.78, 5) is 0. The van der Waals surface area contributed by atoms with Gasteiger partial charge in [-0.15, -0.1) is 0 Å². The first-order valence-corrected chi connectivity index (χ1v) is 7.21. The Balaban J connectivity index is 2.42. The van der Waals surface area contributed by atoms with Gasteiger partial charge in [0.05, 0.1) is 27.4 Å². The average molecular weight is 352 g/mol. The molecule has 0 saturated heterocycles. The number of hydrogen-bond acceptors (Lipinski definition) is 4. The first-order chi connectivity index (χ1) is 10.1. The van der Waals surface area contributed by atoms with E-state index in [4.69, 9.17) is 19.9 Å². The number of hydrogen-bond donors (Lipinski definition) is 1. The fraction of sp³-hybridized carbons (Fsp3) is 0.250. The van der Waals surface area contributed by atoms with E-state index in [9.17, 15) is 0 Å². The van der Waals surface area contributed by atoms with Crippen molar-refractivity contribution in [2.75, 3.05) is 21.3 Å². The SMILES string of the molecule is COc1ccc(C(N)c2ccc(Br)cc2OC)cc1OC. The number of nitrogens with two attached hydrogens (primary N) is 1. The first kappa shape index (κ1) is 15.7. The Kier molecular flexibility index (Phi) is 5.09. The van der Waals surface area contributed by atoms with Crippen LogP contribution in [0.1, 0.15) is 17.2 Å². The third-order valence-corrected chi connectivity index (χ3v) is 3.79. The highest BCUT2D eigenvalue weighted by Crippen LogP contribution is 2.35. The van der Waals surface area contributed by atoms with E-state index in [0.717, 1.165) is 21.3 Å². The van der Waals surface area contributed by atoms with Gasteiger partial charge < -0.3 is 19.9 Å². The summed E-state index contributed by atoms with van der Waals surface area (Å²) >= 11 is 3.43. The lowest BCUT2D eigenvalue weighted by Crippen LogP contribution is -2.13. The molecule has 2 rings (SSSR count). The molecule has 5 heteroatoms. The Hall–Kier alpha value is -1.72. The maximum atomic E-state index is 6.37. The molecule has 0 fully saturated rings. The Labute approximate surface area is 132 Å². The number of methoxy groups -OCH3 is 3. The average Bonchev–Trinajstić information content (AvgIpc) is 2.53. The fourth-order valence-corrected chi connectivity index (χ4v) is 2.51. The molecule has 0 aliphatic heterocycles. The van der Waals surface area contributed by atoms with Gasteiger partial charge in [0.25, 0.3) is 0 Å². The Bertz CT molecular complexity index is 631. The molecule has 21 heavy (non-hydrogen) atoms. The van der Waals surface area contributed by atoms with E-state index in [2.05, 4.69) is 15.9 Å². The summed E-state index contributed by atoms with van der Waals surface area (Å²) in [6, 6.07) is 11.1. The van der Waals surface area contributed by atoms with Crippen molar-refractivity contribution in [1.82, 2.24) is 0 Å². The second-order valence-electron chi connectivity index (χ2n) is 4.48. The van der Waals surface area contributed by atoms with Gasteiger partial charge >= 0.3 is 0 Å². The van der Waals surface area contributed by atoms with Crippen molar-refractivity contribution in [1.29, 1.82) is 0 Å². The lowest BCUT2D eigenvalue weighted by Gasteiger charge is -2.18. The van der Waals surface area contributed by atoms with Gasteiger partial charge in [0, 0.05) is 10.0 Å². The van der Waals surface area contributed by atoms with E-state index < -0.39 is 0 Å². The van der Waals surface area contributed by atoms with Crippen LogP contribution >= 0.6 is 15.9 Å². The molecule has 2 aromatic carbocycles. The van der Waals surface area contributed by atoms with Crippen LogP contribution in [0.2, 0.25) is 0 Å². The van der Waals surface area contributed by atoms with E-state index in [1.54, 1.807) is 21.3 Å². The summed E-state index contributed by atoms with van der Waals surface area (Å²) < 4.78 is 16.9. The van der Waals surface area contributed by atoms with Crippen LogP contribution in [0, 0.1) is 0 Å². The highest BCUT2D eigenvalue weighted by Gasteiger charge is 2.16. The standard InChI is InChI=1S/C16H18BrNO3/c1-19-13-7-4-10(8-15(13)21-3)16(18)12-6-5-11(17)9-14(12)20-2/h4-9,16H,18H2,1-3H3. The molecular formula is C16H18BrNO3. The van der Waals surface area contributed by atoms with Gasteiger partial charge in [-0.2, -0.15) is 0 Å². The van der Waals surface area contributed by atoms with Gasteiger partial charge in [0.1, 0.15) is 5.75 Å². The van der Waals surface area contributed by atoms with Crippen molar-refractivity contribution >= 4 is 15.9 Å². The minimum absolute atomic E-state index is 0.312. The van der Waals surface area contributed by atoms with Gasteiger partial charge in [-0.3, -0.25) is 0 Å². The number of benzene rings is 2. The zero-order valence-corrected chi connectivity index (χ0v) is 13.8. The van der Waals surface area contributed by atoms with E-state index in [1.165, 1.54) is 0 Å². The van der Waals surface area contributed by atoms with Crippen LogP contribution in [0.4, 0.5) is 0 Å². The topological polar surface area (TPSA) is 53.7 Å². The van der Waals surface area contributed by atoms with Crippen LogP contribution < -0.4 is 19.9 Å². The van der Waals surface area contributed by atoms with Crippen molar-refractivity contribution in [2.24, 2.45) is 5.73 Å². The van der Waals surface area contributed by atoms with Gasteiger partial charge in [-0.1, -0.05) is 28.1 Å². The lowest BCUT2D eigenvalue weighted by atomic mass is 9.98. The molecular weight excluding hydrogens is 334 g/mol. The van der Waals surface area contributed by atoms with E-state index in [0.29, 0.717) is 11.5 Å². The molecule has 4 nitrogen and oxygen atoms in total. The van der Waals surface area contributed by atoms with Gasteiger partial charge in [0.15, 0.2) is 11.5 Å². The van der Waals surface area contributed by atoms with Crippen LogP contribution in [-0.4, -0.2) is 21.3 Å². The summed E-state index contributed by atoms with van der Waals surface area (Å²) in [6.45, 7) is 0. The second-order valence-corrected chi connectivity index (χ2v) is 5.39. The predicted octanol–water partition coefficient (Wildman–Crippen LogP) is 3.52. The highest BCUT2D eigenvalue weighted by atomic mass is 79.9. The summed E-state index contributed by atoms with van der Waals surface area (Å²) in [5.74, 6) is 2.07. The second kappa shape index (κ2) is 6.83. The minimum atomic E-state index is -0.312. The zero-order chi connectivity index (χ0) is 15.4. The van der Waals surface area contributed by atoms with Crippen LogP contribution in [0.5, 0.6) is 17.2 Å². The van der Waals surface area contributed by atoms with Crippen molar-refractivity contribution in [3.8, 4) is 17.2 Å². The van der Waals surface area contributed by atoms with Crippen molar-refractivity contribution in [2.45, 2.75) is 6.04 Å². The fourth-order valence-electron chi connectivity index (χ4n) is 2.17. The van der Waals surface area contributed by atoms with E-state index in [1.807, 2.05) is 36.4 Å². The number of rotatable bonds is 5. The normalized spacial score (nSPS) is 11.9. The molecule has 0 amide bonds. The van der Waals surface area contributed by atoms with Crippen LogP contribution in [0.3, 0.4) is 0 Å². The third kappa shape index (κ3) is 3.31. The Morgan fingerprint density at radius 1 is 0.857 bits per heavy atom.